The van der Waals surface area contributed by atoms with Crippen molar-refractivity contribution in [3.63, 3.8) is 0 Å². The van der Waals surface area contributed by atoms with Gasteiger partial charge in [0, 0.05) is 27.6 Å². The van der Waals surface area contributed by atoms with Crippen LogP contribution in [0.15, 0.2) is 44.0 Å². The third-order valence-corrected chi connectivity index (χ3v) is 5.69. The van der Waals surface area contributed by atoms with Gasteiger partial charge in [-0.25, -0.2) is 8.78 Å². The molecule has 1 heterocycles. The Hall–Kier alpha value is -3.06. The number of phenols is 1. The number of halogens is 3. The van der Waals surface area contributed by atoms with Gasteiger partial charge in [-0.2, -0.15) is 0 Å². The molecule has 0 unspecified atom stereocenters. The molecule has 4 rings (SSSR count). The fourth-order valence-electron chi connectivity index (χ4n) is 3.51. The molecule has 0 saturated carbocycles. The maximum absolute atomic E-state index is 14.4. The zero-order valence-corrected chi connectivity index (χ0v) is 18.9. The minimum absolute atomic E-state index is 0.0758. The monoisotopic (exact) mass is 488 g/mol. The van der Waals surface area contributed by atoms with Gasteiger partial charge >= 0.3 is 0 Å². The Labute approximate surface area is 185 Å². The first-order valence-corrected chi connectivity index (χ1v) is 10.4. The van der Waals surface area contributed by atoms with Crippen LogP contribution >= 0.6 is 15.9 Å². The Balaban J connectivity index is 0.00000132. The van der Waals surface area contributed by atoms with E-state index in [4.69, 9.17) is 4.42 Å². The van der Waals surface area contributed by atoms with Crippen LogP contribution in [0.5, 0.6) is 5.75 Å². The van der Waals surface area contributed by atoms with Crippen LogP contribution in [0.25, 0.3) is 33.4 Å². The predicted molar refractivity (Wildman–Crippen MR) is 120 cm³/mol. The van der Waals surface area contributed by atoms with Crippen molar-refractivity contribution in [1.82, 2.24) is 0 Å². The van der Waals surface area contributed by atoms with Crippen molar-refractivity contribution < 1.29 is 23.1 Å². The van der Waals surface area contributed by atoms with E-state index in [-0.39, 0.29) is 26.9 Å². The van der Waals surface area contributed by atoms with Gasteiger partial charge in [0.2, 0.25) is 5.43 Å². The Kier molecular flexibility index (Phi) is 6.27. The normalized spacial score (nSPS) is 10.8. The first-order valence-electron chi connectivity index (χ1n) is 9.57. The summed E-state index contributed by atoms with van der Waals surface area (Å²) < 4.78 is 34.4. The number of hydrogen-bond donors (Lipinski definition) is 1. The summed E-state index contributed by atoms with van der Waals surface area (Å²) in [5, 5.41) is 10.3. The van der Waals surface area contributed by atoms with Crippen LogP contribution in [-0.4, -0.2) is 11.4 Å². The van der Waals surface area contributed by atoms with Crippen LogP contribution in [-0.2, 0) is 0 Å². The van der Waals surface area contributed by atoms with Crippen molar-refractivity contribution in [3.8, 4) is 28.2 Å². The third kappa shape index (κ3) is 3.63. The summed E-state index contributed by atoms with van der Waals surface area (Å²) in [4.78, 5) is 23.2. The molecule has 0 aromatic heterocycles. The summed E-state index contributed by atoms with van der Waals surface area (Å²) in [5.41, 5.74) is 1.88. The van der Waals surface area contributed by atoms with Crippen molar-refractivity contribution in [2.75, 3.05) is 0 Å². The Morgan fingerprint density at radius 1 is 1.03 bits per heavy atom. The Bertz CT molecular complexity index is 1360. The quantitative estimate of drug-likeness (QED) is 0.249. The molecule has 160 valence electrons. The fraction of sp³-hybridized carbons (Fsp3) is 0.167. The summed E-state index contributed by atoms with van der Waals surface area (Å²) >= 11 is 3.09. The minimum atomic E-state index is -0.988. The van der Waals surface area contributed by atoms with E-state index >= 15 is 0 Å². The summed E-state index contributed by atoms with van der Waals surface area (Å²) in [6, 6.07) is 7.08. The van der Waals surface area contributed by atoms with Crippen molar-refractivity contribution in [2.24, 2.45) is 0 Å². The summed E-state index contributed by atoms with van der Waals surface area (Å²) in [5.74, 6) is -2.33. The minimum Gasteiger partial charge on any atom is -0.505 e. The highest BCUT2D eigenvalue weighted by Crippen LogP contribution is 2.46. The number of aldehydes is 1. The van der Waals surface area contributed by atoms with Gasteiger partial charge in [-0.15, -0.1) is 0 Å². The highest BCUT2D eigenvalue weighted by molar-refractivity contribution is 9.10. The van der Waals surface area contributed by atoms with E-state index in [0.29, 0.717) is 33.9 Å². The van der Waals surface area contributed by atoms with Gasteiger partial charge in [-0.1, -0.05) is 26.0 Å². The van der Waals surface area contributed by atoms with E-state index < -0.39 is 22.8 Å². The second kappa shape index (κ2) is 8.59. The summed E-state index contributed by atoms with van der Waals surface area (Å²) in [7, 11) is 0. The van der Waals surface area contributed by atoms with Crippen molar-refractivity contribution in [2.45, 2.75) is 27.7 Å². The van der Waals surface area contributed by atoms with E-state index in [1.807, 2.05) is 13.8 Å². The lowest BCUT2D eigenvalue weighted by atomic mass is 9.89. The van der Waals surface area contributed by atoms with Crippen LogP contribution < -0.4 is 5.43 Å². The summed E-state index contributed by atoms with van der Waals surface area (Å²) in [6.45, 7) is 7.25. The number of rotatable bonds is 2. The van der Waals surface area contributed by atoms with Gasteiger partial charge in [0.05, 0.1) is 0 Å². The van der Waals surface area contributed by atoms with Gasteiger partial charge < -0.3 is 9.52 Å². The van der Waals surface area contributed by atoms with Gasteiger partial charge in [0.15, 0.2) is 23.1 Å². The average Bonchev–Trinajstić information content (AvgIpc) is 2.77. The SMILES string of the molecule is CC.Cc1cc(C=O)ccc1-c1c2cc(F)c(=O)c(Br)c-2oc2c(C)c(O)c(F)cc12. The van der Waals surface area contributed by atoms with Crippen molar-refractivity contribution >= 4 is 33.2 Å². The Morgan fingerprint density at radius 2 is 1.71 bits per heavy atom. The molecule has 0 atom stereocenters. The van der Waals surface area contributed by atoms with Crippen molar-refractivity contribution in [1.29, 1.82) is 0 Å². The highest BCUT2D eigenvalue weighted by Gasteiger charge is 2.26. The van der Waals surface area contributed by atoms with E-state index in [1.54, 1.807) is 25.1 Å². The van der Waals surface area contributed by atoms with E-state index in [2.05, 4.69) is 15.9 Å². The molecule has 0 spiro atoms. The number of aryl methyl sites for hydroxylation is 2. The average molecular weight is 489 g/mol. The first kappa shape index (κ1) is 22.6. The molecule has 0 fully saturated rings. The van der Waals surface area contributed by atoms with E-state index in [0.717, 1.165) is 12.1 Å². The van der Waals surface area contributed by atoms with Gasteiger partial charge in [0.1, 0.15) is 16.3 Å². The van der Waals surface area contributed by atoms with E-state index in [1.165, 1.54) is 6.92 Å². The van der Waals surface area contributed by atoms with Gasteiger partial charge in [-0.3, -0.25) is 9.59 Å². The lowest BCUT2D eigenvalue weighted by Crippen LogP contribution is -2.10. The topological polar surface area (TPSA) is 67.5 Å². The maximum atomic E-state index is 14.4. The third-order valence-electron chi connectivity index (χ3n) is 4.97. The largest absolute Gasteiger partial charge is 0.505 e. The molecule has 4 nitrogen and oxygen atoms in total. The van der Waals surface area contributed by atoms with Crippen LogP contribution in [0.3, 0.4) is 0 Å². The fourth-order valence-corrected chi connectivity index (χ4v) is 4.00. The molecule has 0 amide bonds. The maximum Gasteiger partial charge on any atom is 0.232 e. The number of aromatic hydroxyl groups is 1. The second-order valence-corrected chi connectivity index (χ2v) is 7.55. The first-order chi connectivity index (χ1) is 14.7. The standard InChI is InChI=1S/C22H13BrF2O4.C2H6/c1-9-5-11(8-26)3-4-12(9)17-13-6-15(24)19(27)10(2)21(13)29-22-14(17)7-16(25)20(28)18(22)23;1-2/h3-8,27H,1-2H3;1-2H3. The highest BCUT2D eigenvalue weighted by atomic mass is 79.9. The number of hydrogen-bond acceptors (Lipinski definition) is 4. The van der Waals surface area contributed by atoms with Crippen LogP contribution in [0.1, 0.15) is 35.3 Å². The number of benzene rings is 3. The zero-order valence-electron chi connectivity index (χ0n) is 17.3. The summed E-state index contributed by atoms with van der Waals surface area (Å²) in [6.07, 6.45) is 0.704. The molecule has 0 bridgehead atoms. The number of fused-ring (bicyclic) bond motifs is 2. The van der Waals surface area contributed by atoms with Crippen LogP contribution in [0.4, 0.5) is 8.78 Å². The Morgan fingerprint density at radius 3 is 2.32 bits per heavy atom. The number of carbonyl (C=O) groups is 1. The molecule has 1 aliphatic heterocycles. The molecule has 2 aromatic carbocycles. The van der Waals surface area contributed by atoms with Crippen molar-refractivity contribution in [3.05, 3.63) is 73.4 Å². The molecule has 2 aliphatic rings. The molecule has 1 N–H and O–H groups in total. The van der Waals surface area contributed by atoms with Crippen LogP contribution in [0, 0.1) is 25.5 Å². The molecule has 7 heteroatoms. The molecular weight excluding hydrogens is 470 g/mol. The molecule has 31 heavy (non-hydrogen) atoms. The molecule has 0 radical (unpaired) electrons. The number of phenolic OH excluding ortho intramolecular Hbond substituents is 1. The predicted octanol–water partition coefficient (Wildman–Crippen LogP) is 6.77. The lowest BCUT2D eigenvalue weighted by Gasteiger charge is -2.19. The molecule has 2 aromatic rings. The second-order valence-electron chi connectivity index (χ2n) is 6.76. The lowest BCUT2D eigenvalue weighted by molar-refractivity contribution is 0.112. The zero-order chi connectivity index (χ0) is 23.0. The smallest absolute Gasteiger partial charge is 0.232 e. The molecule has 0 saturated heterocycles. The molecular formula is C24H19BrF2O4. The van der Waals surface area contributed by atoms with Gasteiger partial charge in [0.25, 0.3) is 0 Å². The molecule has 1 aliphatic carbocycles. The van der Waals surface area contributed by atoms with E-state index in [9.17, 15) is 23.5 Å². The number of carbonyl (C=O) groups excluding carboxylic acids is 1. The van der Waals surface area contributed by atoms with Crippen LogP contribution in [0.2, 0.25) is 0 Å². The van der Waals surface area contributed by atoms with Gasteiger partial charge in [-0.05, 0) is 59.1 Å².